The van der Waals surface area contributed by atoms with E-state index in [0.29, 0.717) is 6.54 Å². The molecular formula is C23H21N3O. The van der Waals surface area contributed by atoms with Crippen molar-refractivity contribution in [1.29, 1.82) is 5.26 Å². The van der Waals surface area contributed by atoms with Crippen LogP contribution in [-0.4, -0.2) is 10.5 Å². The zero-order valence-electron chi connectivity index (χ0n) is 15.2. The summed E-state index contributed by atoms with van der Waals surface area (Å²) in [4.78, 5) is 12.6. The van der Waals surface area contributed by atoms with Gasteiger partial charge in [-0.25, -0.2) is 0 Å². The Kier molecular flexibility index (Phi) is 5.53. The minimum absolute atomic E-state index is 0.0827. The third kappa shape index (κ3) is 3.99. The second kappa shape index (κ2) is 8.20. The number of nitrogens with one attached hydrogen (secondary N) is 1. The maximum Gasteiger partial charge on any atom is 0.262 e. The number of aromatic nitrogens is 1. The molecule has 1 N–H and O–H groups in total. The second-order valence-corrected chi connectivity index (χ2v) is 6.32. The first-order valence-corrected chi connectivity index (χ1v) is 8.80. The molecule has 0 radical (unpaired) electrons. The zero-order chi connectivity index (χ0) is 19.2. The summed E-state index contributed by atoms with van der Waals surface area (Å²) in [5.41, 5.74) is 2.95. The summed E-state index contributed by atoms with van der Waals surface area (Å²) in [7, 11) is 0. The predicted molar refractivity (Wildman–Crippen MR) is 109 cm³/mol. The molecule has 0 bridgehead atoms. The van der Waals surface area contributed by atoms with Crippen LogP contribution in [0.15, 0.2) is 79.0 Å². The van der Waals surface area contributed by atoms with Crippen molar-refractivity contribution < 1.29 is 4.79 Å². The number of hydrogen-bond acceptors (Lipinski definition) is 2. The van der Waals surface area contributed by atoms with Crippen LogP contribution in [0, 0.1) is 11.3 Å². The molecule has 0 fully saturated rings. The fraction of sp³-hybridized carbons (Fsp3) is 0.130. The topological polar surface area (TPSA) is 57.8 Å². The highest BCUT2D eigenvalue weighted by atomic mass is 16.1. The molecule has 4 nitrogen and oxygen atoms in total. The Balaban J connectivity index is 1.90. The Hall–Kier alpha value is -3.58. The summed E-state index contributed by atoms with van der Waals surface area (Å²) in [5.74, 6) is -0.380. The minimum atomic E-state index is -0.380. The Labute approximate surface area is 159 Å². The Morgan fingerprint density at radius 2 is 1.93 bits per heavy atom. The second-order valence-electron chi connectivity index (χ2n) is 6.32. The molecule has 1 atom stereocenters. The fourth-order valence-electron chi connectivity index (χ4n) is 3.08. The van der Waals surface area contributed by atoms with Crippen LogP contribution in [0.1, 0.15) is 24.1 Å². The van der Waals surface area contributed by atoms with E-state index in [1.165, 1.54) is 0 Å². The SMILES string of the molecule is C=CCn1cc(/C=C(/C#N)C(=O)N[C@@H](C)c2ccccc2)c2ccccc21. The molecule has 2 aromatic carbocycles. The molecule has 1 aromatic heterocycles. The molecule has 3 aromatic rings. The quantitative estimate of drug-likeness (QED) is 0.399. The average Bonchev–Trinajstić information content (AvgIpc) is 3.04. The first-order chi connectivity index (χ1) is 13.1. The molecule has 1 amide bonds. The van der Waals surface area contributed by atoms with Gasteiger partial charge >= 0.3 is 0 Å². The van der Waals surface area contributed by atoms with Gasteiger partial charge in [-0.3, -0.25) is 4.79 Å². The summed E-state index contributed by atoms with van der Waals surface area (Å²) in [5, 5.41) is 13.4. The van der Waals surface area contributed by atoms with E-state index in [4.69, 9.17) is 0 Å². The highest BCUT2D eigenvalue weighted by molar-refractivity contribution is 6.04. The van der Waals surface area contributed by atoms with Gasteiger partial charge in [0, 0.05) is 29.2 Å². The third-order valence-electron chi connectivity index (χ3n) is 4.46. The van der Waals surface area contributed by atoms with Crippen molar-refractivity contribution in [3.8, 4) is 6.07 Å². The van der Waals surface area contributed by atoms with Gasteiger partial charge in [0.15, 0.2) is 0 Å². The van der Waals surface area contributed by atoms with Crippen LogP contribution in [0.5, 0.6) is 0 Å². The Bertz CT molecular complexity index is 1040. The lowest BCUT2D eigenvalue weighted by molar-refractivity contribution is -0.117. The largest absolute Gasteiger partial charge is 0.345 e. The number of hydrogen-bond donors (Lipinski definition) is 1. The van der Waals surface area contributed by atoms with Gasteiger partial charge in [0.25, 0.3) is 5.91 Å². The van der Waals surface area contributed by atoms with Crippen molar-refractivity contribution in [2.45, 2.75) is 19.5 Å². The summed E-state index contributed by atoms with van der Waals surface area (Å²) < 4.78 is 2.05. The molecule has 4 heteroatoms. The van der Waals surface area contributed by atoms with Gasteiger partial charge in [-0.1, -0.05) is 54.6 Å². The fourth-order valence-corrected chi connectivity index (χ4v) is 3.08. The van der Waals surface area contributed by atoms with Crippen LogP contribution < -0.4 is 5.32 Å². The van der Waals surface area contributed by atoms with Crippen LogP contribution in [0.3, 0.4) is 0 Å². The number of allylic oxidation sites excluding steroid dienone is 1. The van der Waals surface area contributed by atoms with Crippen LogP contribution >= 0.6 is 0 Å². The molecule has 134 valence electrons. The number of amides is 1. The van der Waals surface area contributed by atoms with E-state index in [1.54, 1.807) is 6.08 Å². The van der Waals surface area contributed by atoms with E-state index in [-0.39, 0.29) is 17.5 Å². The molecule has 27 heavy (non-hydrogen) atoms. The number of nitriles is 1. The lowest BCUT2D eigenvalue weighted by atomic mass is 10.1. The van der Waals surface area contributed by atoms with Gasteiger partial charge in [0.2, 0.25) is 0 Å². The predicted octanol–water partition coefficient (Wildman–Crippen LogP) is 4.61. The van der Waals surface area contributed by atoms with Crippen molar-refractivity contribution in [1.82, 2.24) is 9.88 Å². The van der Waals surface area contributed by atoms with E-state index >= 15 is 0 Å². The average molecular weight is 355 g/mol. The summed E-state index contributed by atoms with van der Waals surface area (Å²) in [6.45, 7) is 6.35. The number of nitrogens with zero attached hydrogens (tertiary/aromatic N) is 2. The van der Waals surface area contributed by atoms with E-state index < -0.39 is 0 Å². The van der Waals surface area contributed by atoms with Gasteiger partial charge in [-0.05, 0) is 24.6 Å². The van der Waals surface area contributed by atoms with Crippen molar-refractivity contribution in [2.24, 2.45) is 0 Å². The lowest BCUT2D eigenvalue weighted by Crippen LogP contribution is -2.27. The molecule has 0 unspecified atom stereocenters. The third-order valence-corrected chi connectivity index (χ3v) is 4.46. The number of carbonyl (C=O) groups is 1. The maximum absolute atomic E-state index is 12.6. The number of carbonyl (C=O) groups excluding carboxylic acids is 1. The minimum Gasteiger partial charge on any atom is -0.345 e. The van der Waals surface area contributed by atoms with E-state index in [2.05, 4.69) is 11.9 Å². The molecule has 0 saturated carbocycles. The number of rotatable bonds is 6. The first kappa shape index (κ1) is 18.2. The normalized spacial score (nSPS) is 12.4. The molecule has 3 rings (SSSR count). The van der Waals surface area contributed by atoms with Crippen molar-refractivity contribution in [3.63, 3.8) is 0 Å². The lowest BCUT2D eigenvalue weighted by Gasteiger charge is -2.13. The number of benzene rings is 2. The summed E-state index contributed by atoms with van der Waals surface area (Å²) in [6, 6.07) is 19.4. The highest BCUT2D eigenvalue weighted by Gasteiger charge is 2.15. The molecule has 0 saturated heterocycles. The van der Waals surface area contributed by atoms with Gasteiger partial charge in [-0.2, -0.15) is 5.26 Å². The zero-order valence-corrected chi connectivity index (χ0v) is 15.2. The van der Waals surface area contributed by atoms with Gasteiger partial charge in [-0.15, -0.1) is 6.58 Å². The van der Waals surface area contributed by atoms with Crippen LogP contribution in [-0.2, 0) is 11.3 Å². The summed E-state index contributed by atoms with van der Waals surface area (Å²) in [6.07, 6.45) is 5.41. The van der Waals surface area contributed by atoms with Gasteiger partial charge in [0.05, 0.1) is 6.04 Å². The molecule has 0 aliphatic heterocycles. The van der Waals surface area contributed by atoms with Gasteiger partial charge < -0.3 is 9.88 Å². The maximum atomic E-state index is 12.6. The van der Waals surface area contributed by atoms with Crippen molar-refractivity contribution >= 4 is 22.9 Å². The smallest absolute Gasteiger partial charge is 0.262 e. The number of para-hydroxylation sites is 1. The van der Waals surface area contributed by atoms with Crippen molar-refractivity contribution in [2.75, 3.05) is 0 Å². The monoisotopic (exact) mass is 355 g/mol. The van der Waals surface area contributed by atoms with Crippen LogP contribution in [0.4, 0.5) is 0 Å². The Morgan fingerprint density at radius 1 is 1.22 bits per heavy atom. The standard InChI is InChI=1S/C23H21N3O/c1-3-13-26-16-20(21-11-7-8-12-22(21)26)14-19(15-24)23(27)25-17(2)18-9-5-4-6-10-18/h3-12,14,16-17H,1,13H2,2H3,(H,25,27)/b19-14-/t17-/m0/s1. The molecule has 0 spiro atoms. The molecule has 0 aliphatic rings. The first-order valence-electron chi connectivity index (χ1n) is 8.80. The van der Waals surface area contributed by atoms with Crippen molar-refractivity contribution in [3.05, 3.63) is 90.1 Å². The summed E-state index contributed by atoms with van der Waals surface area (Å²) >= 11 is 0. The van der Waals surface area contributed by atoms with Crippen LogP contribution in [0.25, 0.3) is 17.0 Å². The molecular weight excluding hydrogens is 334 g/mol. The van der Waals surface area contributed by atoms with E-state index in [1.807, 2.05) is 84.4 Å². The van der Waals surface area contributed by atoms with E-state index in [0.717, 1.165) is 22.0 Å². The van der Waals surface area contributed by atoms with Gasteiger partial charge in [0.1, 0.15) is 11.6 Å². The molecule has 0 aliphatic carbocycles. The van der Waals surface area contributed by atoms with E-state index in [9.17, 15) is 10.1 Å². The Morgan fingerprint density at radius 3 is 2.63 bits per heavy atom. The number of fused-ring (bicyclic) bond motifs is 1. The van der Waals surface area contributed by atoms with Crippen LogP contribution in [0.2, 0.25) is 0 Å². The molecule has 1 heterocycles. The highest BCUT2D eigenvalue weighted by Crippen LogP contribution is 2.24.